The number of alkyl halides is 3. The van der Waals surface area contributed by atoms with Crippen molar-refractivity contribution in [3.63, 3.8) is 0 Å². The number of hydrogen-bond acceptors (Lipinski definition) is 5. The maximum Gasteiger partial charge on any atom is 0.416 e. The van der Waals surface area contributed by atoms with Crippen LogP contribution in [0.3, 0.4) is 0 Å². The maximum atomic E-state index is 12.9. The van der Waals surface area contributed by atoms with Crippen molar-refractivity contribution in [2.45, 2.75) is 13.1 Å². The number of nitrogens with zero attached hydrogens (tertiary/aromatic N) is 1. The first-order chi connectivity index (χ1) is 15.1. The molecule has 1 aromatic heterocycles. The second-order valence-electron chi connectivity index (χ2n) is 6.95. The number of halogens is 3. The summed E-state index contributed by atoms with van der Waals surface area (Å²) in [6.45, 7) is 1.59. The minimum atomic E-state index is -4.74. The molecule has 0 amide bonds. The van der Waals surface area contributed by atoms with Gasteiger partial charge in [0.15, 0.2) is 0 Å². The molecule has 0 fully saturated rings. The van der Waals surface area contributed by atoms with Crippen LogP contribution in [0.25, 0.3) is 22.1 Å². The molecule has 6 nitrogen and oxygen atoms in total. The van der Waals surface area contributed by atoms with Gasteiger partial charge in [0.1, 0.15) is 11.3 Å². The van der Waals surface area contributed by atoms with Gasteiger partial charge in [-0.2, -0.15) is 13.2 Å². The predicted octanol–water partition coefficient (Wildman–Crippen LogP) is 6.49. The van der Waals surface area contributed by atoms with Crippen LogP contribution in [-0.2, 0) is 6.18 Å². The first-order valence-corrected chi connectivity index (χ1v) is 9.31. The fourth-order valence-electron chi connectivity index (χ4n) is 3.35. The van der Waals surface area contributed by atoms with Crippen LogP contribution in [0.15, 0.2) is 75.9 Å². The molecule has 4 aromatic rings. The largest absolute Gasteiger partial charge is 0.450 e. The monoisotopic (exact) mass is 441 g/mol. The van der Waals surface area contributed by atoms with Gasteiger partial charge in [0.2, 0.25) is 5.75 Å². The molecule has 0 bridgehead atoms. The highest BCUT2D eigenvalue weighted by atomic mass is 19.4. The Kier molecular flexibility index (Phi) is 5.17. The van der Waals surface area contributed by atoms with E-state index in [1.165, 1.54) is 12.1 Å². The highest BCUT2D eigenvalue weighted by Crippen LogP contribution is 2.40. The first-order valence-electron chi connectivity index (χ1n) is 9.31. The number of aryl methyl sites for hydroxylation is 1. The van der Waals surface area contributed by atoms with Gasteiger partial charge < -0.3 is 9.15 Å². The predicted molar refractivity (Wildman–Crippen MR) is 111 cm³/mol. The van der Waals surface area contributed by atoms with E-state index in [1.54, 1.807) is 13.0 Å². The highest BCUT2D eigenvalue weighted by molar-refractivity contribution is 5.95. The molecule has 162 valence electrons. The summed E-state index contributed by atoms with van der Waals surface area (Å²) >= 11 is 0. The van der Waals surface area contributed by atoms with Crippen LogP contribution in [0.1, 0.15) is 11.1 Å². The molecule has 3 aromatic carbocycles. The third-order valence-corrected chi connectivity index (χ3v) is 4.90. The summed E-state index contributed by atoms with van der Waals surface area (Å²) in [5.74, 6) is -0.263. The lowest BCUT2D eigenvalue weighted by Crippen LogP contribution is -2.06. The minimum Gasteiger partial charge on any atom is -0.450 e. The SMILES string of the molecule is Cc1c(Oc2ccc(C(F)(F)F)cc2[N+](=O)[O-])ccc2c(-c3ccccc3)cc(=O)oc12. The Hall–Kier alpha value is -4.14. The van der Waals surface area contributed by atoms with Crippen LogP contribution in [0.5, 0.6) is 11.5 Å². The summed E-state index contributed by atoms with van der Waals surface area (Å²) in [7, 11) is 0. The number of ether oxygens (including phenoxy) is 1. The summed E-state index contributed by atoms with van der Waals surface area (Å²) in [5, 5.41) is 11.9. The molecule has 0 N–H and O–H groups in total. The zero-order valence-corrected chi connectivity index (χ0v) is 16.5. The Labute approximate surface area is 178 Å². The molecule has 0 saturated carbocycles. The summed E-state index contributed by atoms with van der Waals surface area (Å²) in [6, 6.07) is 15.7. The van der Waals surface area contributed by atoms with E-state index in [1.807, 2.05) is 30.3 Å². The van der Waals surface area contributed by atoms with Gasteiger partial charge in [-0.3, -0.25) is 10.1 Å². The van der Waals surface area contributed by atoms with E-state index in [2.05, 4.69) is 0 Å². The molecule has 0 aliphatic heterocycles. The quantitative estimate of drug-likeness (QED) is 0.205. The number of benzene rings is 3. The van der Waals surface area contributed by atoms with Gasteiger partial charge >= 0.3 is 17.5 Å². The van der Waals surface area contributed by atoms with Crippen molar-refractivity contribution in [3.8, 4) is 22.6 Å². The molecule has 0 atom stereocenters. The summed E-state index contributed by atoms with van der Waals surface area (Å²) in [5.41, 5.74) is -0.597. The Morgan fingerprint density at radius 3 is 2.31 bits per heavy atom. The van der Waals surface area contributed by atoms with E-state index in [9.17, 15) is 28.1 Å². The summed E-state index contributed by atoms with van der Waals surface area (Å²) in [6.07, 6.45) is -4.74. The van der Waals surface area contributed by atoms with Crippen molar-refractivity contribution in [3.05, 3.63) is 98.4 Å². The fraction of sp³-hybridized carbons (Fsp3) is 0.0870. The van der Waals surface area contributed by atoms with Crippen molar-refractivity contribution >= 4 is 16.7 Å². The van der Waals surface area contributed by atoms with Gasteiger partial charge in [-0.1, -0.05) is 30.3 Å². The Bertz CT molecular complexity index is 1390. The van der Waals surface area contributed by atoms with Crippen molar-refractivity contribution in [2.75, 3.05) is 0 Å². The summed E-state index contributed by atoms with van der Waals surface area (Å²) < 4.78 is 49.8. The zero-order chi connectivity index (χ0) is 23.0. The second-order valence-corrected chi connectivity index (χ2v) is 6.95. The Morgan fingerprint density at radius 1 is 0.969 bits per heavy atom. The van der Waals surface area contributed by atoms with E-state index < -0.39 is 28.0 Å². The molecule has 32 heavy (non-hydrogen) atoms. The van der Waals surface area contributed by atoms with E-state index in [4.69, 9.17) is 9.15 Å². The third-order valence-electron chi connectivity index (χ3n) is 4.90. The van der Waals surface area contributed by atoms with Crippen molar-refractivity contribution < 1.29 is 27.2 Å². The topological polar surface area (TPSA) is 82.6 Å². The molecule has 0 radical (unpaired) electrons. The van der Waals surface area contributed by atoms with E-state index >= 15 is 0 Å². The lowest BCUT2D eigenvalue weighted by Gasteiger charge is -2.13. The fourth-order valence-corrected chi connectivity index (χ4v) is 3.35. The van der Waals surface area contributed by atoms with E-state index in [-0.39, 0.29) is 17.1 Å². The van der Waals surface area contributed by atoms with Crippen LogP contribution < -0.4 is 10.4 Å². The Balaban J connectivity index is 1.83. The molecule has 1 heterocycles. The molecule has 4 rings (SSSR count). The smallest absolute Gasteiger partial charge is 0.416 e. The summed E-state index contributed by atoms with van der Waals surface area (Å²) in [4.78, 5) is 22.6. The van der Waals surface area contributed by atoms with Crippen molar-refractivity contribution in [2.24, 2.45) is 0 Å². The minimum absolute atomic E-state index is 0.105. The normalized spacial score (nSPS) is 11.5. The first kappa shape index (κ1) is 21.1. The van der Waals surface area contributed by atoms with Gasteiger partial charge in [0.05, 0.1) is 10.5 Å². The Morgan fingerprint density at radius 2 is 1.66 bits per heavy atom. The van der Waals surface area contributed by atoms with Gasteiger partial charge in [-0.05, 0) is 42.3 Å². The molecule has 9 heteroatoms. The zero-order valence-electron chi connectivity index (χ0n) is 16.5. The molecule has 0 spiro atoms. The molecular formula is C23H14F3NO5. The number of nitro benzene ring substituents is 1. The van der Waals surface area contributed by atoms with Crippen molar-refractivity contribution in [1.29, 1.82) is 0 Å². The average molecular weight is 441 g/mol. The molecule has 0 unspecified atom stereocenters. The molecule has 0 saturated heterocycles. The molecule has 0 aliphatic carbocycles. The average Bonchev–Trinajstić information content (AvgIpc) is 2.75. The van der Waals surface area contributed by atoms with Crippen LogP contribution in [0.4, 0.5) is 18.9 Å². The van der Waals surface area contributed by atoms with Crippen LogP contribution in [-0.4, -0.2) is 4.92 Å². The maximum absolute atomic E-state index is 12.9. The second kappa shape index (κ2) is 7.84. The van der Waals surface area contributed by atoms with E-state index in [0.29, 0.717) is 28.6 Å². The lowest BCUT2D eigenvalue weighted by atomic mass is 10.00. The lowest BCUT2D eigenvalue weighted by molar-refractivity contribution is -0.385. The third kappa shape index (κ3) is 3.92. The van der Waals surface area contributed by atoms with Crippen molar-refractivity contribution in [1.82, 2.24) is 0 Å². The standard InChI is InChI=1S/C23H14F3NO5/c1-13-19(31-20-9-7-15(23(24,25)26)11-18(20)27(29)30)10-8-16-17(12-21(28)32-22(13)16)14-5-3-2-4-6-14/h2-12H,1H3. The van der Waals surface area contributed by atoms with Gasteiger partial charge in [-0.15, -0.1) is 0 Å². The van der Waals surface area contributed by atoms with Crippen LogP contribution >= 0.6 is 0 Å². The van der Waals surface area contributed by atoms with E-state index in [0.717, 1.165) is 11.6 Å². The van der Waals surface area contributed by atoms with Gasteiger partial charge in [0, 0.05) is 23.1 Å². The van der Waals surface area contributed by atoms with Crippen LogP contribution in [0.2, 0.25) is 0 Å². The number of fused-ring (bicyclic) bond motifs is 1. The number of nitro groups is 1. The highest BCUT2D eigenvalue weighted by Gasteiger charge is 2.33. The van der Waals surface area contributed by atoms with Gasteiger partial charge in [0.25, 0.3) is 0 Å². The number of rotatable bonds is 4. The van der Waals surface area contributed by atoms with Crippen LogP contribution in [0, 0.1) is 17.0 Å². The van der Waals surface area contributed by atoms with Gasteiger partial charge in [-0.25, -0.2) is 4.79 Å². The molecular weight excluding hydrogens is 427 g/mol. The number of hydrogen-bond donors (Lipinski definition) is 0. The molecule has 0 aliphatic rings.